The monoisotopic (exact) mass is 432 g/mol. The molecule has 0 saturated carbocycles. The van der Waals surface area contributed by atoms with Crippen LogP contribution in [-0.4, -0.2) is 22.1 Å². The van der Waals surface area contributed by atoms with E-state index in [2.05, 4.69) is 9.97 Å². The van der Waals surface area contributed by atoms with E-state index < -0.39 is 12.1 Å². The molecule has 1 amide bonds. The van der Waals surface area contributed by atoms with Crippen molar-refractivity contribution in [2.45, 2.75) is 6.18 Å². The number of carbonyl (C=O) groups is 1. The van der Waals surface area contributed by atoms with Gasteiger partial charge in [-0.15, -0.1) is 0 Å². The van der Waals surface area contributed by atoms with Crippen LogP contribution < -0.4 is 11.1 Å². The van der Waals surface area contributed by atoms with Crippen LogP contribution in [0.3, 0.4) is 0 Å². The zero-order valence-electron chi connectivity index (χ0n) is 13.6. The molecule has 0 atom stereocenters. The Morgan fingerprint density at radius 3 is 2.07 bits per heavy atom. The number of benzene rings is 2. The maximum atomic E-state index is 12.0. The summed E-state index contributed by atoms with van der Waals surface area (Å²) in [5.41, 5.74) is 8.02. The molecule has 3 N–H and O–H groups in total. The number of nitrogens with one attached hydrogen (secondary N) is 1. The molecule has 7 nitrogen and oxygen atoms in total. The Hall–Kier alpha value is -2.98. The van der Waals surface area contributed by atoms with Crippen molar-refractivity contribution in [2.24, 2.45) is 0 Å². The topological polar surface area (TPSA) is 107 Å². The van der Waals surface area contributed by atoms with Crippen molar-refractivity contribution in [2.75, 3.05) is 11.1 Å². The number of anilines is 2. The van der Waals surface area contributed by atoms with Gasteiger partial charge in [0, 0.05) is 23.5 Å². The molecule has 0 fully saturated rings. The number of aromatic nitrogens is 2. The van der Waals surface area contributed by atoms with Crippen LogP contribution >= 0.6 is 23.2 Å². The largest absolute Gasteiger partial charge is 0.471 e. The van der Waals surface area contributed by atoms with E-state index in [1.165, 1.54) is 18.2 Å². The first-order valence-corrected chi connectivity index (χ1v) is 8.13. The van der Waals surface area contributed by atoms with Gasteiger partial charge in [-0.1, -0.05) is 0 Å². The van der Waals surface area contributed by atoms with Crippen LogP contribution in [0.2, 0.25) is 10.7 Å². The lowest BCUT2D eigenvalue weighted by Gasteiger charge is -2.07. The average molecular weight is 433 g/mol. The maximum Gasteiger partial charge on any atom is 0.471 e. The van der Waals surface area contributed by atoms with E-state index in [1.54, 1.807) is 23.5 Å². The summed E-state index contributed by atoms with van der Waals surface area (Å²) in [7, 11) is 0. The highest BCUT2D eigenvalue weighted by Crippen LogP contribution is 2.24. The van der Waals surface area contributed by atoms with Crippen molar-refractivity contribution >= 4 is 62.7 Å². The van der Waals surface area contributed by atoms with Gasteiger partial charge in [-0.3, -0.25) is 4.79 Å². The maximum absolute atomic E-state index is 12.0. The van der Waals surface area contributed by atoms with Crippen LogP contribution in [0.4, 0.5) is 24.5 Å². The van der Waals surface area contributed by atoms with E-state index in [0.717, 1.165) is 5.52 Å². The van der Waals surface area contributed by atoms with Crippen molar-refractivity contribution in [1.29, 1.82) is 0 Å². The van der Waals surface area contributed by atoms with Crippen LogP contribution in [0.5, 0.6) is 0 Å². The number of amides is 1. The summed E-state index contributed by atoms with van der Waals surface area (Å²) < 4.78 is 45.9. The van der Waals surface area contributed by atoms with E-state index >= 15 is 0 Å². The third-order valence-corrected chi connectivity index (χ3v) is 3.59. The standard InChI is InChI=1S/C9H4ClF3N2O2.C7H5ClN2O/c10-8-15-5-2-1-4(3-6(5)17-8)14-7(16)9(11,12)13;8-7-10-5-2-1-4(9)3-6(5)11-7/h1-3H,(H,14,16);1-3H,9H2. The molecule has 0 spiro atoms. The van der Waals surface area contributed by atoms with Gasteiger partial charge >= 0.3 is 12.1 Å². The molecule has 4 aromatic rings. The van der Waals surface area contributed by atoms with Gasteiger partial charge in [-0.25, -0.2) is 0 Å². The van der Waals surface area contributed by atoms with Gasteiger partial charge in [-0.05, 0) is 47.5 Å². The number of fused-ring (bicyclic) bond motifs is 2. The lowest BCUT2D eigenvalue weighted by Crippen LogP contribution is -2.29. The number of halogens is 5. The number of alkyl halides is 3. The normalized spacial score (nSPS) is 11.3. The van der Waals surface area contributed by atoms with Crippen LogP contribution in [0, 0.1) is 0 Å². The molecule has 0 saturated heterocycles. The van der Waals surface area contributed by atoms with Gasteiger partial charge in [0.2, 0.25) is 0 Å². The molecule has 0 aliphatic carbocycles. The molecule has 0 bridgehead atoms. The van der Waals surface area contributed by atoms with Gasteiger partial charge in [0.1, 0.15) is 11.0 Å². The van der Waals surface area contributed by atoms with Crippen molar-refractivity contribution in [3.63, 3.8) is 0 Å². The summed E-state index contributed by atoms with van der Waals surface area (Å²) in [5, 5.41) is 1.71. The molecular weight excluding hydrogens is 424 g/mol. The molecule has 0 aliphatic rings. The van der Waals surface area contributed by atoms with Crippen LogP contribution in [0.25, 0.3) is 22.2 Å². The van der Waals surface area contributed by atoms with E-state index in [0.29, 0.717) is 16.8 Å². The number of nitrogens with zero attached hydrogens (tertiary/aromatic N) is 2. The number of nitrogens with two attached hydrogens (primary N) is 1. The van der Waals surface area contributed by atoms with Gasteiger partial charge in [0.15, 0.2) is 11.2 Å². The predicted octanol–water partition coefficient (Wildman–Crippen LogP) is 5.05. The fourth-order valence-corrected chi connectivity index (χ4v) is 2.44. The van der Waals surface area contributed by atoms with E-state index in [9.17, 15) is 18.0 Å². The van der Waals surface area contributed by atoms with Crippen molar-refractivity contribution in [3.05, 3.63) is 47.1 Å². The number of hydrogen-bond donors (Lipinski definition) is 2. The van der Waals surface area contributed by atoms with Crippen molar-refractivity contribution < 1.29 is 26.8 Å². The molecule has 12 heteroatoms. The highest BCUT2D eigenvalue weighted by molar-refractivity contribution is 6.28. The minimum absolute atomic E-state index is 0.0485. The summed E-state index contributed by atoms with van der Waals surface area (Å²) in [6, 6.07) is 9.06. The van der Waals surface area contributed by atoms with E-state index in [4.69, 9.17) is 37.8 Å². The minimum atomic E-state index is -4.94. The summed E-state index contributed by atoms with van der Waals surface area (Å²) in [6.07, 6.45) is -4.94. The first kappa shape index (κ1) is 19.8. The Bertz CT molecular complexity index is 1160. The predicted molar refractivity (Wildman–Crippen MR) is 97.1 cm³/mol. The van der Waals surface area contributed by atoms with Crippen molar-refractivity contribution in [3.8, 4) is 0 Å². The van der Waals surface area contributed by atoms with E-state index in [1.807, 2.05) is 0 Å². The van der Waals surface area contributed by atoms with Gasteiger partial charge in [0.05, 0.1) is 0 Å². The molecule has 2 heterocycles. The Morgan fingerprint density at radius 2 is 1.50 bits per heavy atom. The lowest BCUT2D eigenvalue weighted by molar-refractivity contribution is -0.167. The first-order valence-electron chi connectivity index (χ1n) is 7.37. The first-order chi connectivity index (χ1) is 13.1. The highest BCUT2D eigenvalue weighted by atomic mass is 35.5. The smallest absolute Gasteiger partial charge is 0.427 e. The van der Waals surface area contributed by atoms with Gasteiger partial charge in [-0.2, -0.15) is 23.1 Å². The molecule has 0 aliphatic heterocycles. The summed E-state index contributed by atoms with van der Waals surface area (Å²) in [4.78, 5) is 18.3. The van der Waals surface area contributed by atoms with Gasteiger partial charge < -0.3 is 19.9 Å². The number of nitrogen functional groups attached to an aromatic ring is 1. The Labute approximate surface area is 164 Å². The Balaban J connectivity index is 0.000000176. The quantitative estimate of drug-likeness (QED) is 0.407. The zero-order valence-corrected chi connectivity index (χ0v) is 15.1. The summed E-state index contributed by atoms with van der Waals surface area (Å²) >= 11 is 11.0. The van der Waals surface area contributed by atoms with Crippen LogP contribution in [0.1, 0.15) is 0 Å². The second-order valence-electron chi connectivity index (χ2n) is 5.30. The molecular formula is C16H9Cl2F3N4O3. The van der Waals surface area contributed by atoms with Gasteiger partial charge in [0.25, 0.3) is 10.7 Å². The number of carbonyl (C=O) groups excluding carboxylic acids is 1. The summed E-state index contributed by atoms with van der Waals surface area (Å²) in [5.74, 6) is -2.05. The zero-order chi connectivity index (χ0) is 20.5. The second kappa shape index (κ2) is 7.56. The molecule has 146 valence electrons. The number of rotatable bonds is 1. The molecule has 4 rings (SSSR count). The Morgan fingerprint density at radius 1 is 0.964 bits per heavy atom. The summed E-state index contributed by atoms with van der Waals surface area (Å²) in [6.45, 7) is 0. The van der Waals surface area contributed by atoms with E-state index in [-0.39, 0.29) is 22.0 Å². The second-order valence-corrected chi connectivity index (χ2v) is 5.94. The van der Waals surface area contributed by atoms with Crippen LogP contribution in [0.15, 0.2) is 45.2 Å². The molecule has 28 heavy (non-hydrogen) atoms. The molecule has 2 aromatic carbocycles. The average Bonchev–Trinajstić information content (AvgIpc) is 3.14. The highest BCUT2D eigenvalue weighted by Gasteiger charge is 2.38. The SMILES string of the molecule is Nc1ccc2nc(Cl)oc2c1.O=C(Nc1ccc2nc(Cl)oc2c1)C(F)(F)F. The fourth-order valence-electron chi connectivity index (χ4n) is 2.09. The molecule has 0 unspecified atom stereocenters. The van der Waals surface area contributed by atoms with Crippen LogP contribution in [-0.2, 0) is 4.79 Å². The molecule has 0 radical (unpaired) electrons. The fraction of sp³-hybridized carbons (Fsp3) is 0.0625. The molecule has 2 aromatic heterocycles. The number of oxazole rings is 2. The third-order valence-electron chi connectivity index (χ3n) is 3.26. The minimum Gasteiger partial charge on any atom is -0.427 e. The lowest BCUT2D eigenvalue weighted by atomic mass is 10.3. The Kier molecular flexibility index (Phi) is 5.34. The third kappa shape index (κ3) is 4.65. The van der Waals surface area contributed by atoms with Crippen molar-refractivity contribution in [1.82, 2.24) is 9.97 Å². The number of hydrogen-bond acceptors (Lipinski definition) is 6.